The van der Waals surface area contributed by atoms with Crippen LogP contribution in [0.5, 0.6) is 0 Å². The van der Waals surface area contributed by atoms with Crippen molar-refractivity contribution < 1.29 is 0 Å². The van der Waals surface area contributed by atoms with Crippen LogP contribution in [0, 0.1) is 3.95 Å². The van der Waals surface area contributed by atoms with Gasteiger partial charge in [0.25, 0.3) is 0 Å². The zero-order chi connectivity index (χ0) is 12.6. The van der Waals surface area contributed by atoms with Crippen LogP contribution in [-0.2, 0) is 5.54 Å². The molecule has 2 aromatic rings. The fourth-order valence-electron chi connectivity index (χ4n) is 1.82. The molecule has 0 unspecified atom stereocenters. The molecule has 0 aliphatic heterocycles. The lowest BCUT2D eigenvalue weighted by molar-refractivity contribution is 0.402. The minimum absolute atomic E-state index is 0.0787. The number of hydrogen-bond donors (Lipinski definition) is 1. The number of hydrogen-bond acceptors (Lipinski definition) is 3. The topological polar surface area (TPSA) is 30.9 Å². The van der Waals surface area contributed by atoms with E-state index in [-0.39, 0.29) is 5.54 Å². The summed E-state index contributed by atoms with van der Waals surface area (Å²) >= 11 is 6.98. The van der Waals surface area contributed by atoms with Crippen molar-refractivity contribution in [2.24, 2.45) is 0 Å². The SMILES string of the molecule is CC(C)(C)n1c(N)c(-c2ccccc2)sc1=S. The largest absolute Gasteiger partial charge is 0.384 e. The lowest BCUT2D eigenvalue weighted by Gasteiger charge is -2.22. The first-order valence-corrected chi connectivity index (χ1v) is 6.71. The van der Waals surface area contributed by atoms with E-state index in [1.165, 1.54) is 0 Å². The van der Waals surface area contributed by atoms with Crippen LogP contribution in [0.4, 0.5) is 5.82 Å². The maximum Gasteiger partial charge on any atom is 0.163 e. The number of anilines is 1. The van der Waals surface area contributed by atoms with Gasteiger partial charge >= 0.3 is 0 Å². The van der Waals surface area contributed by atoms with Crippen molar-refractivity contribution in [1.29, 1.82) is 0 Å². The summed E-state index contributed by atoms with van der Waals surface area (Å²) in [5, 5.41) is 0. The van der Waals surface area contributed by atoms with Crippen LogP contribution in [0.15, 0.2) is 30.3 Å². The number of aromatic nitrogens is 1. The Bertz CT molecular complexity index is 574. The van der Waals surface area contributed by atoms with Gasteiger partial charge < -0.3 is 10.3 Å². The minimum Gasteiger partial charge on any atom is -0.384 e. The second-order valence-electron chi connectivity index (χ2n) is 4.95. The van der Waals surface area contributed by atoms with Crippen LogP contribution in [0.2, 0.25) is 0 Å². The second-order valence-corrected chi connectivity index (χ2v) is 6.60. The van der Waals surface area contributed by atoms with Gasteiger partial charge in [0.2, 0.25) is 0 Å². The van der Waals surface area contributed by atoms with Gasteiger partial charge in [-0.25, -0.2) is 0 Å². The Kier molecular flexibility index (Phi) is 3.10. The van der Waals surface area contributed by atoms with Crippen LogP contribution in [0.1, 0.15) is 20.8 Å². The molecule has 1 aromatic heterocycles. The molecule has 1 heterocycles. The van der Waals surface area contributed by atoms with E-state index in [0.29, 0.717) is 0 Å². The lowest BCUT2D eigenvalue weighted by atomic mass is 10.1. The average molecular weight is 264 g/mol. The standard InChI is InChI=1S/C13H16N2S2/c1-13(2,3)15-11(14)10(17-12(15)16)9-7-5-4-6-8-9/h4-8H,14H2,1-3H3. The zero-order valence-electron chi connectivity index (χ0n) is 10.2. The van der Waals surface area contributed by atoms with Gasteiger partial charge in [-0.05, 0) is 38.6 Å². The quantitative estimate of drug-likeness (QED) is 0.779. The van der Waals surface area contributed by atoms with Crippen LogP contribution in [0.25, 0.3) is 10.4 Å². The summed E-state index contributed by atoms with van der Waals surface area (Å²) in [6, 6.07) is 10.1. The molecule has 0 bridgehead atoms. The number of nitrogens with two attached hydrogens (primary N) is 1. The Hall–Kier alpha value is -1.13. The van der Waals surface area contributed by atoms with E-state index in [2.05, 4.69) is 32.9 Å². The molecule has 2 rings (SSSR count). The Morgan fingerprint density at radius 2 is 1.76 bits per heavy atom. The second kappa shape index (κ2) is 4.27. The molecule has 0 radical (unpaired) electrons. The Balaban J connectivity index is 2.65. The third kappa shape index (κ3) is 2.28. The first-order valence-electron chi connectivity index (χ1n) is 5.48. The van der Waals surface area contributed by atoms with Crippen molar-refractivity contribution >= 4 is 29.4 Å². The van der Waals surface area contributed by atoms with Crippen molar-refractivity contribution in [3.63, 3.8) is 0 Å². The van der Waals surface area contributed by atoms with Gasteiger partial charge in [-0.3, -0.25) is 0 Å². The summed E-state index contributed by atoms with van der Waals surface area (Å²) in [6.45, 7) is 6.34. The first-order chi connectivity index (χ1) is 7.91. The molecule has 2 nitrogen and oxygen atoms in total. The van der Waals surface area contributed by atoms with E-state index >= 15 is 0 Å². The highest BCUT2D eigenvalue weighted by atomic mass is 32.1. The van der Waals surface area contributed by atoms with Crippen LogP contribution in [-0.4, -0.2) is 4.57 Å². The predicted molar refractivity (Wildman–Crippen MR) is 78.0 cm³/mol. The van der Waals surface area contributed by atoms with Gasteiger partial charge in [0.15, 0.2) is 3.95 Å². The summed E-state index contributed by atoms with van der Waals surface area (Å²) in [4.78, 5) is 1.06. The number of thiazole rings is 1. The highest BCUT2D eigenvalue weighted by molar-refractivity contribution is 7.73. The molecule has 0 aliphatic carbocycles. The van der Waals surface area contributed by atoms with Crippen LogP contribution in [0.3, 0.4) is 0 Å². The molecular formula is C13H16N2S2. The molecule has 0 spiro atoms. The van der Waals surface area contributed by atoms with E-state index in [0.717, 1.165) is 20.2 Å². The highest BCUT2D eigenvalue weighted by Crippen LogP contribution is 2.36. The molecule has 2 N–H and O–H groups in total. The van der Waals surface area contributed by atoms with Gasteiger partial charge in [-0.2, -0.15) is 0 Å². The third-order valence-corrected chi connectivity index (χ3v) is 3.99. The van der Waals surface area contributed by atoms with E-state index in [1.807, 2.05) is 22.8 Å². The first kappa shape index (κ1) is 12.3. The number of nitrogen functional groups attached to an aromatic ring is 1. The third-order valence-electron chi connectivity index (χ3n) is 2.55. The molecular weight excluding hydrogens is 248 g/mol. The summed E-state index contributed by atoms with van der Waals surface area (Å²) in [5.74, 6) is 0.763. The normalized spacial score (nSPS) is 11.7. The Labute approximate surface area is 111 Å². The van der Waals surface area contributed by atoms with Gasteiger partial charge in [-0.15, -0.1) is 11.3 Å². The Morgan fingerprint density at radius 3 is 2.24 bits per heavy atom. The van der Waals surface area contributed by atoms with Crippen LogP contribution < -0.4 is 5.73 Å². The predicted octanol–water partition coefficient (Wildman–Crippen LogP) is 4.28. The highest BCUT2D eigenvalue weighted by Gasteiger charge is 2.20. The zero-order valence-corrected chi connectivity index (χ0v) is 11.9. The summed E-state index contributed by atoms with van der Waals surface area (Å²) in [7, 11) is 0. The minimum atomic E-state index is -0.0787. The fraction of sp³-hybridized carbons (Fsp3) is 0.308. The van der Waals surface area contributed by atoms with Gasteiger partial charge in [0, 0.05) is 5.54 Å². The molecule has 90 valence electrons. The summed E-state index contributed by atoms with van der Waals surface area (Å²) in [5.41, 5.74) is 7.28. The monoisotopic (exact) mass is 264 g/mol. The van der Waals surface area contributed by atoms with E-state index in [1.54, 1.807) is 11.3 Å². The van der Waals surface area contributed by atoms with Crippen molar-refractivity contribution in [3.8, 4) is 10.4 Å². The molecule has 1 aromatic carbocycles. The lowest BCUT2D eigenvalue weighted by Crippen LogP contribution is -2.23. The molecule has 0 aliphatic rings. The molecule has 0 fully saturated rings. The molecule has 0 amide bonds. The molecule has 0 saturated heterocycles. The molecule has 0 saturated carbocycles. The molecule has 0 atom stereocenters. The van der Waals surface area contributed by atoms with Crippen molar-refractivity contribution in [3.05, 3.63) is 34.3 Å². The van der Waals surface area contributed by atoms with Gasteiger partial charge in [0.1, 0.15) is 5.82 Å². The average Bonchev–Trinajstić information content (AvgIpc) is 2.54. The molecule has 17 heavy (non-hydrogen) atoms. The van der Waals surface area contributed by atoms with Gasteiger partial charge in [-0.1, -0.05) is 30.3 Å². The van der Waals surface area contributed by atoms with Gasteiger partial charge in [0.05, 0.1) is 4.88 Å². The number of benzene rings is 1. The maximum absolute atomic E-state index is 6.23. The van der Waals surface area contributed by atoms with E-state index < -0.39 is 0 Å². The van der Waals surface area contributed by atoms with E-state index in [9.17, 15) is 0 Å². The van der Waals surface area contributed by atoms with Crippen molar-refractivity contribution in [2.75, 3.05) is 5.73 Å². The number of nitrogens with zero attached hydrogens (tertiary/aromatic N) is 1. The summed E-state index contributed by atoms with van der Waals surface area (Å²) in [6.07, 6.45) is 0. The van der Waals surface area contributed by atoms with E-state index in [4.69, 9.17) is 18.0 Å². The number of rotatable bonds is 1. The Morgan fingerprint density at radius 1 is 1.18 bits per heavy atom. The van der Waals surface area contributed by atoms with Crippen molar-refractivity contribution in [2.45, 2.75) is 26.3 Å². The maximum atomic E-state index is 6.23. The fourth-order valence-corrected chi connectivity index (χ4v) is 3.53. The van der Waals surface area contributed by atoms with Crippen LogP contribution >= 0.6 is 23.6 Å². The summed E-state index contributed by atoms with van der Waals surface area (Å²) < 4.78 is 2.85. The molecule has 4 heteroatoms. The van der Waals surface area contributed by atoms with Crippen molar-refractivity contribution in [1.82, 2.24) is 4.57 Å². The smallest absolute Gasteiger partial charge is 0.163 e.